The average Bonchev–Trinajstić information content (AvgIpc) is 2.53. The van der Waals surface area contributed by atoms with Gasteiger partial charge in [-0.25, -0.2) is 13.1 Å². The topological polar surface area (TPSA) is 68.3 Å². The van der Waals surface area contributed by atoms with Crippen molar-refractivity contribution in [3.63, 3.8) is 0 Å². The van der Waals surface area contributed by atoms with Gasteiger partial charge in [0.05, 0.1) is 24.2 Å². The van der Waals surface area contributed by atoms with Crippen LogP contribution in [0.5, 0.6) is 5.75 Å². The van der Waals surface area contributed by atoms with Crippen LogP contribution in [0.25, 0.3) is 0 Å². The summed E-state index contributed by atoms with van der Waals surface area (Å²) in [5.74, 6) is 0.861. The third-order valence-electron chi connectivity index (χ3n) is 3.30. The van der Waals surface area contributed by atoms with Crippen molar-refractivity contribution in [2.24, 2.45) is 0 Å². The van der Waals surface area contributed by atoms with Gasteiger partial charge in [-0.05, 0) is 41.8 Å². The van der Waals surface area contributed by atoms with Crippen molar-refractivity contribution in [1.82, 2.24) is 9.71 Å². The summed E-state index contributed by atoms with van der Waals surface area (Å²) in [6, 6.07) is 10.3. The average molecular weight is 320 g/mol. The Morgan fingerprint density at radius 2 is 2.00 bits per heavy atom. The van der Waals surface area contributed by atoms with Crippen LogP contribution in [0.3, 0.4) is 0 Å². The van der Waals surface area contributed by atoms with E-state index in [0.717, 1.165) is 5.56 Å². The molecule has 0 aliphatic heterocycles. The van der Waals surface area contributed by atoms with Crippen molar-refractivity contribution in [2.45, 2.75) is 31.2 Å². The molecule has 5 nitrogen and oxygen atoms in total. The van der Waals surface area contributed by atoms with Crippen LogP contribution in [0.2, 0.25) is 0 Å². The first-order chi connectivity index (χ1) is 10.4. The predicted molar refractivity (Wildman–Crippen MR) is 85.3 cm³/mol. The van der Waals surface area contributed by atoms with Gasteiger partial charge in [-0.3, -0.25) is 4.98 Å². The molecule has 6 heteroatoms. The molecule has 2 rings (SSSR count). The van der Waals surface area contributed by atoms with Gasteiger partial charge >= 0.3 is 0 Å². The molecule has 0 saturated carbocycles. The molecule has 118 valence electrons. The lowest BCUT2D eigenvalue weighted by atomic mass is 10.0. The van der Waals surface area contributed by atoms with E-state index in [9.17, 15) is 8.42 Å². The molecule has 0 radical (unpaired) electrons. The number of aromatic nitrogens is 1. The molecule has 0 saturated heterocycles. The number of pyridine rings is 1. The van der Waals surface area contributed by atoms with Crippen molar-refractivity contribution < 1.29 is 13.2 Å². The van der Waals surface area contributed by atoms with Gasteiger partial charge in [-0.1, -0.05) is 19.9 Å². The Morgan fingerprint density at radius 1 is 1.23 bits per heavy atom. The van der Waals surface area contributed by atoms with E-state index in [2.05, 4.69) is 9.71 Å². The van der Waals surface area contributed by atoms with Gasteiger partial charge in [0.1, 0.15) is 5.75 Å². The van der Waals surface area contributed by atoms with Crippen LogP contribution in [0.15, 0.2) is 47.5 Å². The maximum Gasteiger partial charge on any atom is 0.240 e. The van der Waals surface area contributed by atoms with Crippen molar-refractivity contribution in [2.75, 3.05) is 7.11 Å². The van der Waals surface area contributed by atoms with Gasteiger partial charge < -0.3 is 4.74 Å². The third-order valence-corrected chi connectivity index (χ3v) is 4.70. The van der Waals surface area contributed by atoms with Gasteiger partial charge in [0.15, 0.2) is 0 Å². The quantitative estimate of drug-likeness (QED) is 0.888. The predicted octanol–water partition coefficient (Wildman–Crippen LogP) is 2.69. The monoisotopic (exact) mass is 320 g/mol. The van der Waals surface area contributed by atoms with E-state index in [-0.39, 0.29) is 17.4 Å². The Bertz CT molecular complexity index is 728. The van der Waals surface area contributed by atoms with E-state index in [0.29, 0.717) is 11.4 Å². The van der Waals surface area contributed by atoms with E-state index in [1.165, 1.54) is 0 Å². The molecule has 0 atom stereocenters. The van der Waals surface area contributed by atoms with Gasteiger partial charge in [-0.2, -0.15) is 0 Å². The zero-order chi connectivity index (χ0) is 16.2. The molecule has 0 aliphatic carbocycles. The molecule has 0 spiro atoms. The van der Waals surface area contributed by atoms with Crippen LogP contribution in [0.4, 0.5) is 0 Å². The van der Waals surface area contributed by atoms with Gasteiger partial charge in [0.25, 0.3) is 0 Å². The molecule has 1 heterocycles. The van der Waals surface area contributed by atoms with Crippen LogP contribution >= 0.6 is 0 Å². The minimum atomic E-state index is -3.59. The maximum absolute atomic E-state index is 12.4. The summed E-state index contributed by atoms with van der Waals surface area (Å²) in [5.41, 5.74) is 1.53. The summed E-state index contributed by atoms with van der Waals surface area (Å²) in [6.07, 6.45) is 1.63. The molecule has 1 aromatic heterocycles. The van der Waals surface area contributed by atoms with E-state index in [4.69, 9.17) is 4.74 Å². The lowest BCUT2D eigenvalue weighted by molar-refractivity contribution is 0.407. The van der Waals surface area contributed by atoms with Crippen LogP contribution < -0.4 is 9.46 Å². The van der Waals surface area contributed by atoms with E-state index >= 15 is 0 Å². The number of nitrogens with one attached hydrogen (secondary N) is 1. The second kappa shape index (κ2) is 6.89. The number of benzene rings is 1. The highest BCUT2D eigenvalue weighted by molar-refractivity contribution is 7.89. The first-order valence-electron chi connectivity index (χ1n) is 7.01. The van der Waals surface area contributed by atoms with Gasteiger partial charge in [0, 0.05) is 6.20 Å². The lowest BCUT2D eigenvalue weighted by Gasteiger charge is -2.14. The number of hydrogen-bond donors (Lipinski definition) is 1. The van der Waals surface area contributed by atoms with E-state index < -0.39 is 10.0 Å². The second-order valence-corrected chi connectivity index (χ2v) is 6.97. The van der Waals surface area contributed by atoms with Crippen molar-refractivity contribution in [3.8, 4) is 5.75 Å². The van der Waals surface area contributed by atoms with Gasteiger partial charge in [0.2, 0.25) is 10.0 Å². The van der Waals surface area contributed by atoms with Crippen molar-refractivity contribution in [1.29, 1.82) is 0 Å². The Labute approximate surface area is 131 Å². The molecular formula is C16H20N2O3S. The van der Waals surface area contributed by atoms with Crippen molar-refractivity contribution in [3.05, 3.63) is 53.9 Å². The molecule has 22 heavy (non-hydrogen) atoms. The van der Waals surface area contributed by atoms with Crippen LogP contribution in [-0.2, 0) is 16.6 Å². The number of rotatable bonds is 6. The molecular weight excluding hydrogens is 300 g/mol. The lowest BCUT2D eigenvalue weighted by Crippen LogP contribution is -2.23. The summed E-state index contributed by atoms with van der Waals surface area (Å²) in [7, 11) is -2.01. The van der Waals surface area contributed by atoms with E-state index in [1.807, 2.05) is 19.9 Å². The first-order valence-corrected chi connectivity index (χ1v) is 8.50. The molecule has 2 aromatic rings. The fourth-order valence-electron chi connectivity index (χ4n) is 2.09. The fourth-order valence-corrected chi connectivity index (χ4v) is 3.12. The number of nitrogens with zero attached hydrogens (tertiary/aromatic N) is 1. The molecule has 0 amide bonds. The standard InChI is InChI=1S/C16H20N2O3S/c1-12(2)15-10-14(7-8-16(15)21-3)22(19,20)18-11-13-6-4-5-9-17-13/h4-10,12,18H,11H2,1-3H3. The SMILES string of the molecule is COc1ccc(S(=O)(=O)NCc2ccccn2)cc1C(C)C. The fraction of sp³-hybridized carbons (Fsp3) is 0.312. The summed E-state index contributed by atoms with van der Waals surface area (Å²) < 4.78 is 32.6. The van der Waals surface area contributed by atoms with Crippen LogP contribution in [0, 0.1) is 0 Å². The highest BCUT2D eigenvalue weighted by Crippen LogP contribution is 2.28. The minimum Gasteiger partial charge on any atom is -0.496 e. The Morgan fingerprint density at radius 3 is 2.59 bits per heavy atom. The minimum absolute atomic E-state index is 0.159. The Kier molecular flexibility index (Phi) is 5.15. The molecule has 1 N–H and O–H groups in total. The number of hydrogen-bond acceptors (Lipinski definition) is 4. The molecule has 0 aliphatic rings. The number of methoxy groups -OCH3 is 1. The molecule has 0 bridgehead atoms. The number of sulfonamides is 1. The van der Waals surface area contributed by atoms with E-state index in [1.54, 1.807) is 43.6 Å². The summed E-state index contributed by atoms with van der Waals surface area (Å²) in [6.45, 7) is 4.15. The summed E-state index contributed by atoms with van der Waals surface area (Å²) >= 11 is 0. The maximum atomic E-state index is 12.4. The normalized spacial score (nSPS) is 11.6. The Hall–Kier alpha value is -1.92. The van der Waals surface area contributed by atoms with Crippen molar-refractivity contribution >= 4 is 10.0 Å². The van der Waals surface area contributed by atoms with Crippen LogP contribution in [0.1, 0.15) is 31.0 Å². The highest BCUT2D eigenvalue weighted by Gasteiger charge is 2.17. The molecule has 1 aromatic carbocycles. The third kappa shape index (κ3) is 3.84. The number of ether oxygens (including phenoxy) is 1. The summed E-state index contributed by atoms with van der Waals surface area (Å²) in [4.78, 5) is 4.33. The zero-order valence-corrected chi connectivity index (χ0v) is 13.7. The molecule has 0 fully saturated rings. The largest absolute Gasteiger partial charge is 0.496 e. The first kappa shape index (κ1) is 16.5. The highest BCUT2D eigenvalue weighted by atomic mass is 32.2. The van der Waals surface area contributed by atoms with Gasteiger partial charge in [-0.15, -0.1) is 0 Å². The second-order valence-electron chi connectivity index (χ2n) is 5.20. The zero-order valence-electron chi connectivity index (χ0n) is 12.9. The van der Waals surface area contributed by atoms with Crippen LogP contribution in [-0.4, -0.2) is 20.5 Å². The Balaban J connectivity index is 2.24. The summed E-state index contributed by atoms with van der Waals surface area (Å²) in [5, 5.41) is 0. The molecule has 0 unspecified atom stereocenters. The smallest absolute Gasteiger partial charge is 0.240 e.